The van der Waals surface area contributed by atoms with Gasteiger partial charge < -0.3 is 14.2 Å². The van der Waals surface area contributed by atoms with Crippen LogP contribution in [0.15, 0.2) is 42.5 Å². The lowest BCUT2D eigenvalue weighted by molar-refractivity contribution is 0.144. The lowest BCUT2D eigenvalue weighted by atomic mass is 10.00. The van der Waals surface area contributed by atoms with Gasteiger partial charge in [0.15, 0.2) is 11.5 Å². The van der Waals surface area contributed by atoms with Crippen LogP contribution in [0.2, 0.25) is 0 Å². The molecule has 1 aliphatic heterocycles. The first-order valence-electron chi connectivity index (χ1n) is 8.44. The van der Waals surface area contributed by atoms with Crippen LogP contribution in [0.4, 0.5) is 0 Å². The van der Waals surface area contributed by atoms with Crippen LogP contribution in [0, 0.1) is 0 Å². The number of fused-ring (bicyclic) bond motifs is 1. The molecule has 2 aromatic carbocycles. The molecule has 1 heterocycles. The molecule has 1 unspecified atom stereocenters. The van der Waals surface area contributed by atoms with Crippen molar-refractivity contribution in [2.75, 3.05) is 33.9 Å². The smallest absolute Gasteiger partial charge is 0.161 e. The largest absolute Gasteiger partial charge is 0.493 e. The number of ether oxygens (including phenoxy) is 3. The van der Waals surface area contributed by atoms with E-state index in [0.717, 1.165) is 43.3 Å². The van der Waals surface area contributed by atoms with Crippen molar-refractivity contribution in [2.45, 2.75) is 19.4 Å². The van der Waals surface area contributed by atoms with Crippen LogP contribution in [0.25, 0.3) is 0 Å². The van der Waals surface area contributed by atoms with Gasteiger partial charge in [0.25, 0.3) is 0 Å². The summed E-state index contributed by atoms with van der Waals surface area (Å²) >= 11 is 0. The SMILES string of the molecule is CCN1CCc2cc(OC)c(OC)cc2C(Oc2ccccc2)C1. The molecule has 3 rings (SSSR count). The Labute approximate surface area is 144 Å². The van der Waals surface area contributed by atoms with E-state index in [1.54, 1.807) is 14.2 Å². The van der Waals surface area contributed by atoms with Crippen LogP contribution in [0.3, 0.4) is 0 Å². The van der Waals surface area contributed by atoms with Crippen LogP contribution in [0.1, 0.15) is 24.2 Å². The van der Waals surface area contributed by atoms with Crippen molar-refractivity contribution in [2.24, 2.45) is 0 Å². The van der Waals surface area contributed by atoms with Gasteiger partial charge in [0.2, 0.25) is 0 Å². The minimum atomic E-state index is -0.0235. The number of benzene rings is 2. The van der Waals surface area contributed by atoms with Crippen LogP contribution in [-0.2, 0) is 6.42 Å². The number of para-hydroxylation sites is 1. The van der Waals surface area contributed by atoms with Crippen molar-refractivity contribution in [3.63, 3.8) is 0 Å². The maximum Gasteiger partial charge on any atom is 0.161 e. The van der Waals surface area contributed by atoms with Crippen molar-refractivity contribution in [3.8, 4) is 17.2 Å². The van der Waals surface area contributed by atoms with Crippen molar-refractivity contribution in [3.05, 3.63) is 53.6 Å². The third kappa shape index (κ3) is 3.49. The van der Waals surface area contributed by atoms with Crippen LogP contribution < -0.4 is 14.2 Å². The highest BCUT2D eigenvalue weighted by atomic mass is 16.5. The summed E-state index contributed by atoms with van der Waals surface area (Å²) in [5.41, 5.74) is 2.46. The average Bonchev–Trinajstić information content (AvgIpc) is 2.80. The fourth-order valence-electron chi connectivity index (χ4n) is 3.21. The van der Waals surface area contributed by atoms with E-state index in [1.165, 1.54) is 11.1 Å². The summed E-state index contributed by atoms with van der Waals surface area (Å²) in [4.78, 5) is 2.42. The van der Waals surface area contributed by atoms with Crippen molar-refractivity contribution >= 4 is 0 Å². The van der Waals surface area contributed by atoms with Crippen molar-refractivity contribution < 1.29 is 14.2 Å². The van der Waals surface area contributed by atoms with Crippen LogP contribution in [0.5, 0.6) is 17.2 Å². The Morgan fingerprint density at radius 1 is 1.04 bits per heavy atom. The first kappa shape index (κ1) is 16.7. The normalized spacial score (nSPS) is 17.7. The molecule has 0 spiro atoms. The topological polar surface area (TPSA) is 30.9 Å². The minimum Gasteiger partial charge on any atom is -0.493 e. The molecule has 1 atom stereocenters. The van der Waals surface area contributed by atoms with E-state index in [2.05, 4.69) is 24.0 Å². The number of rotatable bonds is 5. The Morgan fingerprint density at radius 3 is 2.42 bits per heavy atom. The van der Waals surface area contributed by atoms with E-state index >= 15 is 0 Å². The second-order valence-electron chi connectivity index (χ2n) is 5.97. The number of hydrogen-bond acceptors (Lipinski definition) is 4. The summed E-state index contributed by atoms with van der Waals surface area (Å²) in [6, 6.07) is 14.2. The zero-order chi connectivity index (χ0) is 16.9. The molecule has 0 saturated carbocycles. The van der Waals surface area contributed by atoms with E-state index < -0.39 is 0 Å². The number of hydrogen-bond donors (Lipinski definition) is 0. The van der Waals surface area contributed by atoms with Crippen LogP contribution >= 0.6 is 0 Å². The lowest BCUT2D eigenvalue weighted by Gasteiger charge is -2.25. The molecule has 0 amide bonds. The van der Waals surface area contributed by atoms with E-state index in [-0.39, 0.29) is 6.10 Å². The van der Waals surface area contributed by atoms with Crippen LogP contribution in [-0.4, -0.2) is 38.8 Å². The van der Waals surface area contributed by atoms with Gasteiger partial charge in [-0.2, -0.15) is 0 Å². The standard InChI is InChI=1S/C20H25NO3/c1-4-21-11-10-15-12-18(22-2)19(23-3)13-17(15)20(14-21)24-16-8-6-5-7-9-16/h5-9,12-13,20H,4,10-11,14H2,1-3H3. The van der Waals surface area contributed by atoms with E-state index in [4.69, 9.17) is 14.2 Å². The third-order valence-corrected chi connectivity index (χ3v) is 4.58. The summed E-state index contributed by atoms with van der Waals surface area (Å²) < 4.78 is 17.3. The van der Waals surface area contributed by atoms with Gasteiger partial charge in [-0.05, 0) is 42.8 Å². The molecular formula is C20H25NO3. The predicted molar refractivity (Wildman–Crippen MR) is 95.2 cm³/mol. The lowest BCUT2D eigenvalue weighted by Crippen LogP contribution is -2.30. The van der Waals surface area contributed by atoms with Gasteiger partial charge in [0.05, 0.1) is 14.2 Å². The Kier molecular flexibility index (Phi) is 5.26. The van der Waals surface area contributed by atoms with Crippen molar-refractivity contribution in [1.82, 2.24) is 4.90 Å². The molecule has 0 aliphatic carbocycles. The monoisotopic (exact) mass is 327 g/mol. The minimum absolute atomic E-state index is 0.0235. The molecule has 0 aromatic heterocycles. The molecule has 0 fully saturated rings. The van der Waals surface area contributed by atoms with Gasteiger partial charge in [-0.15, -0.1) is 0 Å². The Hall–Kier alpha value is -2.20. The predicted octanol–water partition coefficient (Wildman–Crippen LogP) is 3.70. The van der Waals surface area contributed by atoms with Gasteiger partial charge in [-0.25, -0.2) is 0 Å². The second-order valence-corrected chi connectivity index (χ2v) is 5.97. The molecule has 24 heavy (non-hydrogen) atoms. The summed E-state index contributed by atoms with van der Waals surface area (Å²) in [6.45, 7) is 5.09. The molecule has 128 valence electrons. The first-order valence-corrected chi connectivity index (χ1v) is 8.44. The van der Waals surface area contributed by atoms with Gasteiger partial charge in [0, 0.05) is 18.7 Å². The molecule has 4 nitrogen and oxygen atoms in total. The third-order valence-electron chi connectivity index (χ3n) is 4.58. The first-order chi connectivity index (χ1) is 11.7. The molecule has 2 aromatic rings. The van der Waals surface area contributed by atoms with E-state index in [0.29, 0.717) is 0 Å². The second kappa shape index (κ2) is 7.58. The zero-order valence-corrected chi connectivity index (χ0v) is 14.6. The molecule has 0 radical (unpaired) electrons. The van der Waals surface area contributed by atoms with E-state index in [1.807, 2.05) is 30.3 Å². The molecule has 0 bridgehead atoms. The van der Waals surface area contributed by atoms with Gasteiger partial charge in [-0.3, -0.25) is 4.90 Å². The summed E-state index contributed by atoms with van der Waals surface area (Å²) in [7, 11) is 3.35. The average molecular weight is 327 g/mol. The quantitative estimate of drug-likeness (QED) is 0.838. The van der Waals surface area contributed by atoms with E-state index in [9.17, 15) is 0 Å². The highest BCUT2D eigenvalue weighted by molar-refractivity contribution is 5.49. The Morgan fingerprint density at radius 2 is 1.75 bits per heavy atom. The highest BCUT2D eigenvalue weighted by Crippen LogP contribution is 2.36. The number of methoxy groups -OCH3 is 2. The highest BCUT2D eigenvalue weighted by Gasteiger charge is 2.26. The van der Waals surface area contributed by atoms with Crippen molar-refractivity contribution in [1.29, 1.82) is 0 Å². The molecular weight excluding hydrogens is 302 g/mol. The zero-order valence-electron chi connectivity index (χ0n) is 14.6. The molecule has 0 saturated heterocycles. The van der Waals surface area contributed by atoms with Gasteiger partial charge in [-0.1, -0.05) is 25.1 Å². The summed E-state index contributed by atoms with van der Waals surface area (Å²) in [6.07, 6.45) is 0.961. The fourth-order valence-corrected chi connectivity index (χ4v) is 3.21. The Bertz CT molecular complexity index is 672. The molecule has 4 heteroatoms. The number of likely N-dealkylation sites (N-methyl/N-ethyl adjacent to an activating group) is 1. The maximum atomic E-state index is 6.33. The Balaban J connectivity index is 1.99. The summed E-state index contributed by atoms with van der Waals surface area (Å²) in [5.74, 6) is 2.42. The summed E-state index contributed by atoms with van der Waals surface area (Å²) in [5, 5.41) is 0. The maximum absolute atomic E-state index is 6.33. The van der Waals surface area contributed by atoms with Gasteiger partial charge >= 0.3 is 0 Å². The number of nitrogens with zero attached hydrogens (tertiary/aromatic N) is 1. The van der Waals surface area contributed by atoms with Gasteiger partial charge in [0.1, 0.15) is 11.9 Å². The molecule has 1 aliphatic rings. The fraction of sp³-hybridized carbons (Fsp3) is 0.400. The molecule has 0 N–H and O–H groups in total.